The molecule has 1 aliphatic rings. The van der Waals surface area contributed by atoms with Gasteiger partial charge in [0.05, 0.1) is 23.5 Å². The number of carbonyl (C=O) groups is 2. The van der Waals surface area contributed by atoms with E-state index >= 15 is 0 Å². The van der Waals surface area contributed by atoms with Gasteiger partial charge in [0.15, 0.2) is 0 Å². The molecule has 3 rings (SSSR count). The Morgan fingerprint density at radius 2 is 2.11 bits per heavy atom. The molecule has 0 radical (unpaired) electrons. The normalized spacial score (nSPS) is 16.9. The molecule has 0 unspecified atom stereocenters. The Balaban J connectivity index is 1.57. The van der Waals surface area contributed by atoms with Crippen LogP contribution >= 0.6 is 0 Å². The number of ether oxygens (including phenoxy) is 2. The Bertz CT molecular complexity index is 819. The van der Waals surface area contributed by atoms with Crippen molar-refractivity contribution in [1.82, 2.24) is 14.7 Å². The van der Waals surface area contributed by atoms with E-state index in [0.29, 0.717) is 12.2 Å². The average Bonchev–Trinajstić information content (AvgIpc) is 3.28. The van der Waals surface area contributed by atoms with Crippen LogP contribution in [0.3, 0.4) is 0 Å². The van der Waals surface area contributed by atoms with Crippen LogP contribution in [0.15, 0.2) is 42.7 Å². The first-order valence-electron chi connectivity index (χ1n) is 9.24. The molecule has 28 heavy (non-hydrogen) atoms. The van der Waals surface area contributed by atoms with Crippen LogP contribution in [0, 0.1) is 0 Å². The molecule has 8 nitrogen and oxygen atoms in total. The van der Waals surface area contributed by atoms with Gasteiger partial charge in [0.2, 0.25) is 5.91 Å². The van der Waals surface area contributed by atoms with Crippen molar-refractivity contribution in [3.05, 3.63) is 48.3 Å². The number of anilines is 1. The van der Waals surface area contributed by atoms with Crippen molar-refractivity contribution in [3.63, 3.8) is 0 Å². The van der Waals surface area contributed by atoms with Crippen LogP contribution < -0.4 is 5.32 Å². The van der Waals surface area contributed by atoms with E-state index < -0.39 is 6.09 Å². The van der Waals surface area contributed by atoms with Crippen LogP contribution in [-0.2, 0) is 20.8 Å². The van der Waals surface area contributed by atoms with Crippen LogP contribution in [0.25, 0.3) is 0 Å². The fourth-order valence-electron chi connectivity index (χ4n) is 2.97. The summed E-state index contributed by atoms with van der Waals surface area (Å²) < 4.78 is 12.3. The number of carbonyl (C=O) groups excluding carboxylic acids is 2. The molecule has 150 valence electrons. The Morgan fingerprint density at radius 1 is 1.36 bits per heavy atom. The molecule has 1 aromatic carbocycles. The fraction of sp³-hybridized carbons (Fsp3) is 0.450. The molecule has 2 aromatic rings. The summed E-state index contributed by atoms with van der Waals surface area (Å²) in [5, 5.41) is 7.05. The topological polar surface area (TPSA) is 85.7 Å². The molecule has 1 saturated heterocycles. The first-order valence-corrected chi connectivity index (χ1v) is 9.24. The van der Waals surface area contributed by atoms with E-state index in [4.69, 9.17) is 9.47 Å². The number of amides is 2. The lowest BCUT2D eigenvalue weighted by Gasteiger charge is -2.22. The Morgan fingerprint density at radius 3 is 2.82 bits per heavy atom. The molecular formula is C20H26N4O4. The number of aromatic nitrogens is 2. The highest BCUT2D eigenvalue weighted by Crippen LogP contribution is 2.27. The van der Waals surface area contributed by atoms with Gasteiger partial charge < -0.3 is 14.8 Å². The minimum atomic E-state index is -0.485. The number of aryl methyl sites for hydroxylation is 1. The van der Waals surface area contributed by atoms with Crippen molar-refractivity contribution in [2.45, 2.75) is 38.5 Å². The van der Waals surface area contributed by atoms with Crippen molar-refractivity contribution in [2.24, 2.45) is 0 Å². The van der Waals surface area contributed by atoms with Crippen LogP contribution in [0.2, 0.25) is 0 Å². The predicted molar refractivity (Wildman–Crippen MR) is 104 cm³/mol. The minimum Gasteiger partial charge on any atom is -0.447 e. The highest BCUT2D eigenvalue weighted by atomic mass is 16.6. The summed E-state index contributed by atoms with van der Waals surface area (Å²) in [4.78, 5) is 25.9. The number of nitrogens with zero attached hydrogens (tertiary/aromatic N) is 3. The molecule has 1 atom stereocenters. The maximum absolute atomic E-state index is 12.4. The van der Waals surface area contributed by atoms with E-state index in [9.17, 15) is 9.59 Å². The van der Waals surface area contributed by atoms with Gasteiger partial charge in [-0.1, -0.05) is 30.3 Å². The van der Waals surface area contributed by atoms with Gasteiger partial charge in [-0.25, -0.2) is 4.79 Å². The summed E-state index contributed by atoms with van der Waals surface area (Å²) in [6.07, 6.45) is 3.66. The Kier molecular flexibility index (Phi) is 5.99. The first kappa shape index (κ1) is 19.9. The highest BCUT2D eigenvalue weighted by Gasteiger charge is 2.35. The molecule has 0 spiro atoms. The van der Waals surface area contributed by atoms with E-state index in [2.05, 4.69) is 10.4 Å². The quantitative estimate of drug-likeness (QED) is 0.754. The van der Waals surface area contributed by atoms with Crippen LogP contribution in [0.1, 0.15) is 31.9 Å². The minimum absolute atomic E-state index is 0.0831. The molecule has 1 fully saturated rings. The van der Waals surface area contributed by atoms with E-state index in [1.165, 1.54) is 4.90 Å². The SMILES string of the molecule is COC(C)(C)CCn1cc(NC(=O)CN2C(=O)OC[C@@H]2c2ccccc2)cn1. The smallest absolute Gasteiger partial charge is 0.410 e. The second-order valence-corrected chi connectivity index (χ2v) is 7.39. The fourth-order valence-corrected chi connectivity index (χ4v) is 2.97. The second-order valence-electron chi connectivity index (χ2n) is 7.39. The number of benzene rings is 1. The van der Waals surface area contributed by atoms with E-state index in [1.807, 2.05) is 44.2 Å². The summed E-state index contributed by atoms with van der Waals surface area (Å²) in [6.45, 7) is 4.85. The second kappa shape index (κ2) is 8.43. The van der Waals surface area contributed by atoms with Crippen molar-refractivity contribution < 1.29 is 19.1 Å². The van der Waals surface area contributed by atoms with Gasteiger partial charge in [-0.15, -0.1) is 0 Å². The van der Waals surface area contributed by atoms with Crippen LogP contribution in [0.5, 0.6) is 0 Å². The molecule has 1 aromatic heterocycles. The predicted octanol–water partition coefficient (Wildman–Crippen LogP) is 2.83. The van der Waals surface area contributed by atoms with Gasteiger partial charge in [0.25, 0.3) is 0 Å². The number of cyclic esters (lactones) is 1. The average molecular weight is 386 g/mol. The van der Waals surface area contributed by atoms with Gasteiger partial charge >= 0.3 is 6.09 Å². The zero-order chi connectivity index (χ0) is 20.1. The van der Waals surface area contributed by atoms with Gasteiger partial charge in [-0.05, 0) is 25.8 Å². The molecule has 0 aliphatic carbocycles. The molecule has 2 amide bonds. The number of methoxy groups -OCH3 is 1. The molecule has 8 heteroatoms. The van der Waals surface area contributed by atoms with Crippen molar-refractivity contribution in [1.29, 1.82) is 0 Å². The van der Waals surface area contributed by atoms with Gasteiger partial charge in [0, 0.05) is 19.9 Å². The monoisotopic (exact) mass is 386 g/mol. The van der Waals surface area contributed by atoms with Crippen molar-refractivity contribution in [2.75, 3.05) is 25.6 Å². The molecule has 1 N–H and O–H groups in total. The third kappa shape index (κ3) is 4.89. The summed E-state index contributed by atoms with van der Waals surface area (Å²) in [5.74, 6) is -0.295. The molecule has 1 aliphatic heterocycles. The highest BCUT2D eigenvalue weighted by molar-refractivity contribution is 5.94. The molecular weight excluding hydrogens is 360 g/mol. The van der Waals surface area contributed by atoms with Gasteiger partial charge in [0.1, 0.15) is 13.2 Å². The van der Waals surface area contributed by atoms with E-state index in [1.54, 1.807) is 24.2 Å². The lowest BCUT2D eigenvalue weighted by Crippen LogP contribution is -2.35. The number of hydrogen-bond acceptors (Lipinski definition) is 5. The largest absolute Gasteiger partial charge is 0.447 e. The number of hydrogen-bond donors (Lipinski definition) is 1. The summed E-state index contributed by atoms with van der Waals surface area (Å²) >= 11 is 0. The third-order valence-electron chi connectivity index (χ3n) is 4.89. The van der Waals surface area contributed by atoms with Crippen molar-refractivity contribution >= 4 is 17.7 Å². The molecule has 2 heterocycles. The van der Waals surface area contributed by atoms with E-state index in [-0.39, 0.29) is 30.7 Å². The van der Waals surface area contributed by atoms with Crippen molar-refractivity contribution in [3.8, 4) is 0 Å². The maximum atomic E-state index is 12.4. The lowest BCUT2D eigenvalue weighted by molar-refractivity contribution is -0.117. The summed E-state index contributed by atoms with van der Waals surface area (Å²) in [7, 11) is 1.68. The van der Waals surface area contributed by atoms with Crippen LogP contribution in [-0.4, -0.2) is 52.5 Å². The summed E-state index contributed by atoms with van der Waals surface area (Å²) in [5.41, 5.74) is 1.29. The van der Waals surface area contributed by atoms with Gasteiger partial charge in [-0.2, -0.15) is 5.10 Å². The number of nitrogens with one attached hydrogen (secondary N) is 1. The Labute approximate surface area is 164 Å². The zero-order valence-electron chi connectivity index (χ0n) is 16.4. The molecule has 0 saturated carbocycles. The van der Waals surface area contributed by atoms with Gasteiger partial charge in [-0.3, -0.25) is 14.4 Å². The maximum Gasteiger partial charge on any atom is 0.410 e. The third-order valence-corrected chi connectivity index (χ3v) is 4.89. The number of rotatable bonds is 8. The van der Waals surface area contributed by atoms with E-state index in [0.717, 1.165) is 12.0 Å². The standard InChI is InChI=1S/C20H26N4O4/c1-20(2,27-3)9-10-23-12-16(11-21-23)22-18(25)13-24-17(14-28-19(24)26)15-7-5-4-6-8-15/h4-8,11-12,17H,9-10,13-14H2,1-3H3,(H,22,25)/t17-/m1/s1. The lowest BCUT2D eigenvalue weighted by atomic mass is 10.1. The summed E-state index contributed by atoms with van der Waals surface area (Å²) in [6, 6.07) is 9.28. The molecule has 0 bridgehead atoms. The first-order chi connectivity index (χ1) is 13.4. The zero-order valence-corrected chi connectivity index (χ0v) is 16.4. The van der Waals surface area contributed by atoms with Crippen LogP contribution in [0.4, 0.5) is 10.5 Å². The Hall–Kier alpha value is -2.87.